The summed E-state index contributed by atoms with van der Waals surface area (Å²) >= 11 is 0. The van der Waals surface area contributed by atoms with Gasteiger partial charge in [-0.25, -0.2) is 0 Å². The van der Waals surface area contributed by atoms with Gasteiger partial charge in [-0.1, -0.05) is 12.1 Å². The molecular formula is C22H29N3O2. The molecule has 1 aliphatic heterocycles. The second kappa shape index (κ2) is 9.31. The van der Waals surface area contributed by atoms with Crippen LogP contribution in [0.5, 0.6) is 5.75 Å². The summed E-state index contributed by atoms with van der Waals surface area (Å²) in [7, 11) is 0. The zero-order chi connectivity index (χ0) is 19.1. The van der Waals surface area contributed by atoms with Crippen molar-refractivity contribution >= 4 is 23.0 Å². The van der Waals surface area contributed by atoms with Gasteiger partial charge in [0.15, 0.2) is 0 Å². The molecule has 1 fully saturated rings. The Morgan fingerprint density at radius 2 is 1.78 bits per heavy atom. The van der Waals surface area contributed by atoms with E-state index in [0.29, 0.717) is 18.0 Å². The highest BCUT2D eigenvalue weighted by Gasteiger charge is 2.15. The van der Waals surface area contributed by atoms with Crippen LogP contribution in [0.25, 0.3) is 0 Å². The lowest BCUT2D eigenvalue weighted by atomic mass is 10.1. The van der Waals surface area contributed by atoms with Gasteiger partial charge in [0.1, 0.15) is 11.8 Å². The second-order valence-corrected chi connectivity index (χ2v) is 6.88. The number of anilines is 3. The highest BCUT2D eigenvalue weighted by Crippen LogP contribution is 2.25. The summed E-state index contributed by atoms with van der Waals surface area (Å²) in [6, 6.07) is 15.5. The first-order chi connectivity index (χ1) is 13.2. The van der Waals surface area contributed by atoms with Crippen molar-refractivity contribution in [1.82, 2.24) is 0 Å². The van der Waals surface area contributed by atoms with E-state index < -0.39 is 0 Å². The number of piperidine rings is 1. The lowest BCUT2D eigenvalue weighted by Crippen LogP contribution is -2.32. The number of carbonyl (C=O) groups excluding carboxylic acids is 1. The largest absolute Gasteiger partial charge is 0.492 e. The van der Waals surface area contributed by atoms with Crippen LogP contribution < -0.4 is 20.3 Å². The topological polar surface area (TPSA) is 53.6 Å². The standard InChI is InChI=1S/C22H29N3O2/c1-3-27-21-10-6-5-9-20(21)24-22(26)17(2)23-18-11-13-19(14-12-18)25-15-7-4-8-16-25/h5-6,9-14,17,23H,3-4,7-8,15-16H2,1-2H3,(H,24,26)/t17-/m1/s1. The van der Waals surface area contributed by atoms with Gasteiger partial charge in [-0.05, 0) is 69.5 Å². The van der Waals surface area contributed by atoms with Crippen molar-refractivity contribution in [2.24, 2.45) is 0 Å². The fourth-order valence-corrected chi connectivity index (χ4v) is 3.33. The van der Waals surface area contributed by atoms with Crippen LogP contribution in [0.3, 0.4) is 0 Å². The van der Waals surface area contributed by atoms with Gasteiger partial charge in [0.25, 0.3) is 0 Å². The Labute approximate surface area is 161 Å². The lowest BCUT2D eigenvalue weighted by molar-refractivity contribution is -0.116. The normalized spacial score (nSPS) is 15.1. The van der Waals surface area contributed by atoms with Gasteiger partial charge >= 0.3 is 0 Å². The maximum Gasteiger partial charge on any atom is 0.246 e. The molecule has 1 saturated heterocycles. The molecular weight excluding hydrogens is 338 g/mol. The van der Waals surface area contributed by atoms with Gasteiger partial charge in [-0.3, -0.25) is 4.79 Å². The molecule has 0 spiro atoms. The molecule has 0 aliphatic carbocycles. The molecule has 1 aliphatic rings. The summed E-state index contributed by atoms with van der Waals surface area (Å²) in [5.41, 5.74) is 2.89. The predicted molar refractivity (Wildman–Crippen MR) is 112 cm³/mol. The van der Waals surface area contributed by atoms with Crippen molar-refractivity contribution in [2.75, 3.05) is 35.2 Å². The van der Waals surface area contributed by atoms with Crippen LogP contribution in [0.15, 0.2) is 48.5 Å². The molecule has 1 heterocycles. The quantitative estimate of drug-likeness (QED) is 0.756. The fourth-order valence-electron chi connectivity index (χ4n) is 3.33. The smallest absolute Gasteiger partial charge is 0.246 e. The van der Waals surface area contributed by atoms with E-state index in [1.165, 1.54) is 24.9 Å². The molecule has 1 atom stereocenters. The summed E-state index contributed by atoms with van der Waals surface area (Å²) in [4.78, 5) is 15.0. The van der Waals surface area contributed by atoms with Crippen LogP contribution in [-0.2, 0) is 4.79 Å². The number of hydrogen-bond donors (Lipinski definition) is 2. The van der Waals surface area contributed by atoms with Crippen LogP contribution >= 0.6 is 0 Å². The number of rotatable bonds is 7. The third-order valence-corrected chi connectivity index (χ3v) is 4.81. The minimum Gasteiger partial charge on any atom is -0.492 e. The predicted octanol–water partition coefficient (Wildman–Crippen LogP) is 4.51. The number of benzene rings is 2. The Hall–Kier alpha value is -2.69. The number of amides is 1. The molecule has 0 bridgehead atoms. The van der Waals surface area contributed by atoms with Crippen LogP contribution in [0.4, 0.5) is 17.1 Å². The summed E-state index contributed by atoms with van der Waals surface area (Å²) in [5.74, 6) is 0.591. The van der Waals surface area contributed by atoms with Crippen LogP contribution in [0, 0.1) is 0 Å². The average Bonchev–Trinajstić information content (AvgIpc) is 2.71. The Morgan fingerprint density at radius 1 is 1.07 bits per heavy atom. The minimum atomic E-state index is -0.361. The molecule has 3 rings (SSSR count). The van der Waals surface area contributed by atoms with Gasteiger partial charge in [0.2, 0.25) is 5.91 Å². The lowest BCUT2D eigenvalue weighted by Gasteiger charge is -2.29. The van der Waals surface area contributed by atoms with Crippen molar-refractivity contribution in [3.8, 4) is 5.75 Å². The molecule has 144 valence electrons. The maximum atomic E-state index is 12.6. The molecule has 2 N–H and O–H groups in total. The number of hydrogen-bond acceptors (Lipinski definition) is 4. The zero-order valence-electron chi connectivity index (χ0n) is 16.2. The number of carbonyl (C=O) groups is 1. The summed E-state index contributed by atoms with van der Waals surface area (Å²) in [6.07, 6.45) is 3.86. The van der Waals surface area contributed by atoms with E-state index in [2.05, 4.69) is 27.7 Å². The number of nitrogens with zero attached hydrogens (tertiary/aromatic N) is 1. The third-order valence-electron chi connectivity index (χ3n) is 4.81. The summed E-state index contributed by atoms with van der Waals surface area (Å²) in [5, 5.41) is 6.22. The minimum absolute atomic E-state index is 0.0951. The van der Waals surface area contributed by atoms with E-state index in [1.807, 2.05) is 50.2 Å². The van der Waals surface area contributed by atoms with Crippen molar-refractivity contribution in [1.29, 1.82) is 0 Å². The Balaban J connectivity index is 1.58. The van der Waals surface area contributed by atoms with Gasteiger partial charge in [-0.15, -0.1) is 0 Å². The zero-order valence-corrected chi connectivity index (χ0v) is 16.2. The van der Waals surface area contributed by atoms with E-state index in [0.717, 1.165) is 18.8 Å². The van der Waals surface area contributed by atoms with Crippen LogP contribution in [-0.4, -0.2) is 31.6 Å². The van der Waals surface area contributed by atoms with Gasteiger partial charge in [0.05, 0.1) is 12.3 Å². The monoisotopic (exact) mass is 367 g/mol. The molecule has 2 aromatic rings. The first-order valence-corrected chi connectivity index (χ1v) is 9.81. The van der Waals surface area contributed by atoms with E-state index in [-0.39, 0.29) is 11.9 Å². The van der Waals surface area contributed by atoms with E-state index in [9.17, 15) is 4.79 Å². The molecule has 0 unspecified atom stereocenters. The molecule has 0 saturated carbocycles. The molecule has 27 heavy (non-hydrogen) atoms. The van der Waals surface area contributed by atoms with Crippen molar-refractivity contribution in [3.05, 3.63) is 48.5 Å². The van der Waals surface area contributed by atoms with E-state index >= 15 is 0 Å². The molecule has 0 aromatic heterocycles. The molecule has 0 radical (unpaired) electrons. The van der Waals surface area contributed by atoms with Crippen molar-refractivity contribution < 1.29 is 9.53 Å². The van der Waals surface area contributed by atoms with Gasteiger partial charge in [0, 0.05) is 24.5 Å². The second-order valence-electron chi connectivity index (χ2n) is 6.88. The first kappa shape index (κ1) is 19.1. The van der Waals surface area contributed by atoms with E-state index in [4.69, 9.17) is 4.74 Å². The van der Waals surface area contributed by atoms with E-state index in [1.54, 1.807) is 0 Å². The van der Waals surface area contributed by atoms with Crippen LogP contribution in [0.2, 0.25) is 0 Å². The van der Waals surface area contributed by atoms with Crippen molar-refractivity contribution in [2.45, 2.75) is 39.2 Å². The summed E-state index contributed by atoms with van der Waals surface area (Å²) in [6.45, 7) is 6.60. The molecule has 1 amide bonds. The SMILES string of the molecule is CCOc1ccccc1NC(=O)[C@@H](C)Nc1ccc(N2CCCCC2)cc1. The maximum absolute atomic E-state index is 12.6. The third kappa shape index (κ3) is 5.16. The van der Waals surface area contributed by atoms with Crippen LogP contribution in [0.1, 0.15) is 33.1 Å². The first-order valence-electron chi connectivity index (χ1n) is 9.81. The molecule has 5 nitrogen and oxygen atoms in total. The highest BCUT2D eigenvalue weighted by molar-refractivity contribution is 5.97. The summed E-state index contributed by atoms with van der Waals surface area (Å²) < 4.78 is 5.57. The number of ether oxygens (including phenoxy) is 1. The average molecular weight is 367 g/mol. The van der Waals surface area contributed by atoms with Gasteiger partial charge < -0.3 is 20.3 Å². The Bertz CT molecular complexity index is 739. The number of para-hydroxylation sites is 2. The van der Waals surface area contributed by atoms with Crippen molar-refractivity contribution in [3.63, 3.8) is 0 Å². The number of nitrogens with one attached hydrogen (secondary N) is 2. The van der Waals surface area contributed by atoms with Gasteiger partial charge in [-0.2, -0.15) is 0 Å². The Morgan fingerprint density at radius 3 is 2.48 bits per heavy atom. The highest BCUT2D eigenvalue weighted by atomic mass is 16.5. The fraction of sp³-hybridized carbons (Fsp3) is 0.409. The Kier molecular flexibility index (Phi) is 6.58. The molecule has 5 heteroatoms. The molecule has 2 aromatic carbocycles.